The van der Waals surface area contributed by atoms with Crippen molar-refractivity contribution >= 4 is 27.5 Å². The highest BCUT2D eigenvalue weighted by Crippen LogP contribution is 2.42. The molecule has 0 bridgehead atoms. The number of ether oxygens (including phenoxy) is 2. The third-order valence-electron chi connectivity index (χ3n) is 3.48. The largest absolute Gasteiger partial charge is 0.495 e. The van der Waals surface area contributed by atoms with Crippen molar-refractivity contribution in [3.63, 3.8) is 0 Å². The Morgan fingerprint density at radius 1 is 1.56 bits per heavy atom. The maximum atomic E-state index is 6.36. The van der Waals surface area contributed by atoms with Crippen LogP contribution in [0.1, 0.15) is 31.4 Å². The molecule has 100 valence electrons. The van der Waals surface area contributed by atoms with Gasteiger partial charge in [0.2, 0.25) is 0 Å². The molecule has 5 heteroatoms. The highest BCUT2D eigenvalue weighted by atomic mass is 79.9. The molecule has 0 aliphatic carbocycles. The van der Waals surface area contributed by atoms with Crippen molar-refractivity contribution in [1.82, 2.24) is 0 Å². The Labute approximate surface area is 121 Å². The summed E-state index contributed by atoms with van der Waals surface area (Å²) < 4.78 is 12.0. The molecule has 18 heavy (non-hydrogen) atoms. The molecule has 0 amide bonds. The summed E-state index contributed by atoms with van der Waals surface area (Å²) in [5.74, 6) is 0.726. The van der Waals surface area contributed by atoms with Crippen LogP contribution in [0.25, 0.3) is 0 Å². The Morgan fingerprint density at radius 3 is 2.83 bits per heavy atom. The fourth-order valence-corrected chi connectivity index (χ4v) is 3.40. The average Bonchev–Trinajstić information content (AvgIpc) is 2.75. The van der Waals surface area contributed by atoms with Crippen LogP contribution in [0.4, 0.5) is 0 Å². The molecule has 1 aliphatic rings. The zero-order valence-electron chi connectivity index (χ0n) is 10.5. The maximum Gasteiger partial charge on any atom is 0.138 e. The van der Waals surface area contributed by atoms with E-state index in [0.717, 1.165) is 35.2 Å². The van der Waals surface area contributed by atoms with Gasteiger partial charge in [-0.1, -0.05) is 11.6 Å². The van der Waals surface area contributed by atoms with Crippen molar-refractivity contribution in [2.45, 2.75) is 31.4 Å². The molecule has 2 rings (SSSR count). The van der Waals surface area contributed by atoms with Gasteiger partial charge in [-0.25, -0.2) is 0 Å². The van der Waals surface area contributed by atoms with Gasteiger partial charge in [0.25, 0.3) is 0 Å². The van der Waals surface area contributed by atoms with E-state index in [2.05, 4.69) is 15.9 Å². The normalized spacial score (nSPS) is 25.2. The summed E-state index contributed by atoms with van der Waals surface area (Å²) in [6, 6.07) is 3.39. The van der Waals surface area contributed by atoms with Crippen LogP contribution < -0.4 is 10.5 Å². The molecule has 1 heterocycles. The molecule has 3 nitrogen and oxygen atoms in total. The smallest absolute Gasteiger partial charge is 0.138 e. The van der Waals surface area contributed by atoms with E-state index in [4.69, 9.17) is 26.8 Å². The third-order valence-corrected chi connectivity index (χ3v) is 4.29. The summed E-state index contributed by atoms with van der Waals surface area (Å²) in [7, 11) is 1.63. The van der Waals surface area contributed by atoms with Gasteiger partial charge < -0.3 is 15.2 Å². The first kappa shape index (κ1) is 14.1. The summed E-state index contributed by atoms with van der Waals surface area (Å²) >= 11 is 9.54. The lowest BCUT2D eigenvalue weighted by Gasteiger charge is -2.31. The standard InChI is InChI=1S/C13H17BrClNO2/c1-13(4-3-5-18-13)12(16)9-6-8(15)7-10(14)11(9)17-2/h6-7,12H,3-5,16H2,1-2H3. The second kappa shape index (κ2) is 5.37. The lowest BCUT2D eigenvalue weighted by Crippen LogP contribution is -2.37. The molecule has 2 atom stereocenters. The Balaban J connectivity index is 2.43. The van der Waals surface area contributed by atoms with E-state index in [9.17, 15) is 0 Å². The Kier molecular flexibility index (Phi) is 4.22. The highest BCUT2D eigenvalue weighted by molar-refractivity contribution is 9.10. The fourth-order valence-electron chi connectivity index (χ4n) is 2.40. The van der Waals surface area contributed by atoms with Gasteiger partial charge in [0.05, 0.1) is 23.2 Å². The zero-order valence-corrected chi connectivity index (χ0v) is 12.8. The number of hydrogen-bond donors (Lipinski definition) is 1. The van der Waals surface area contributed by atoms with E-state index in [1.807, 2.05) is 13.0 Å². The van der Waals surface area contributed by atoms with Crippen LogP contribution in [0.3, 0.4) is 0 Å². The minimum Gasteiger partial charge on any atom is -0.495 e. The summed E-state index contributed by atoms with van der Waals surface area (Å²) in [5, 5.41) is 0.634. The van der Waals surface area contributed by atoms with Gasteiger partial charge in [-0.05, 0) is 47.8 Å². The van der Waals surface area contributed by atoms with Gasteiger partial charge in [0.1, 0.15) is 5.75 Å². The van der Waals surface area contributed by atoms with Crippen LogP contribution in [0.15, 0.2) is 16.6 Å². The number of methoxy groups -OCH3 is 1. The minimum absolute atomic E-state index is 0.259. The van der Waals surface area contributed by atoms with Crippen molar-refractivity contribution in [2.75, 3.05) is 13.7 Å². The van der Waals surface area contributed by atoms with E-state index >= 15 is 0 Å². The van der Waals surface area contributed by atoms with Crippen LogP contribution in [-0.4, -0.2) is 19.3 Å². The fraction of sp³-hybridized carbons (Fsp3) is 0.538. The molecule has 0 aromatic heterocycles. The van der Waals surface area contributed by atoms with Crippen molar-refractivity contribution in [3.8, 4) is 5.75 Å². The van der Waals surface area contributed by atoms with Crippen molar-refractivity contribution < 1.29 is 9.47 Å². The molecular weight excluding hydrogens is 318 g/mol. The van der Waals surface area contributed by atoms with E-state index in [-0.39, 0.29) is 11.6 Å². The first-order valence-corrected chi connectivity index (χ1v) is 7.07. The molecule has 2 unspecified atom stereocenters. The lowest BCUT2D eigenvalue weighted by molar-refractivity contribution is -0.00228. The zero-order chi connectivity index (χ0) is 13.3. The molecule has 0 saturated carbocycles. The van der Waals surface area contributed by atoms with Crippen LogP contribution in [0.5, 0.6) is 5.75 Å². The van der Waals surface area contributed by atoms with Gasteiger partial charge >= 0.3 is 0 Å². The first-order chi connectivity index (χ1) is 8.48. The maximum absolute atomic E-state index is 6.36. The number of halogens is 2. The van der Waals surface area contributed by atoms with Crippen LogP contribution in [0.2, 0.25) is 5.02 Å². The second-order valence-electron chi connectivity index (χ2n) is 4.75. The quantitative estimate of drug-likeness (QED) is 0.917. The van der Waals surface area contributed by atoms with Crippen molar-refractivity contribution in [3.05, 3.63) is 27.2 Å². The lowest BCUT2D eigenvalue weighted by atomic mass is 9.88. The summed E-state index contributed by atoms with van der Waals surface area (Å²) in [6.07, 6.45) is 1.98. The van der Waals surface area contributed by atoms with Gasteiger partial charge in [0, 0.05) is 17.2 Å². The van der Waals surface area contributed by atoms with Crippen LogP contribution in [0, 0.1) is 0 Å². The molecule has 2 N–H and O–H groups in total. The van der Waals surface area contributed by atoms with Crippen molar-refractivity contribution in [1.29, 1.82) is 0 Å². The van der Waals surface area contributed by atoms with E-state index in [1.54, 1.807) is 13.2 Å². The Bertz CT molecular complexity index is 447. The molecule has 1 fully saturated rings. The average molecular weight is 335 g/mol. The van der Waals surface area contributed by atoms with Crippen LogP contribution >= 0.6 is 27.5 Å². The monoisotopic (exact) mass is 333 g/mol. The topological polar surface area (TPSA) is 44.5 Å². The molecule has 1 aromatic rings. The minimum atomic E-state index is -0.350. The van der Waals surface area contributed by atoms with Gasteiger partial charge in [-0.15, -0.1) is 0 Å². The SMILES string of the molecule is COc1c(Br)cc(Cl)cc1C(N)C1(C)CCCO1. The molecule has 1 aliphatic heterocycles. The van der Waals surface area contributed by atoms with Gasteiger partial charge in [-0.2, -0.15) is 0 Å². The molecule has 1 saturated heterocycles. The second-order valence-corrected chi connectivity index (χ2v) is 6.04. The van der Waals surface area contributed by atoms with Crippen molar-refractivity contribution in [2.24, 2.45) is 5.73 Å². The van der Waals surface area contributed by atoms with E-state index < -0.39 is 0 Å². The predicted molar refractivity (Wildman–Crippen MR) is 76.2 cm³/mol. The summed E-state index contributed by atoms with van der Waals surface area (Å²) in [6.45, 7) is 2.80. The van der Waals surface area contributed by atoms with E-state index in [0.29, 0.717) is 5.02 Å². The predicted octanol–water partition coefficient (Wildman–Crippen LogP) is 3.68. The summed E-state index contributed by atoms with van der Waals surface area (Å²) in [4.78, 5) is 0. The summed E-state index contributed by atoms with van der Waals surface area (Å²) in [5.41, 5.74) is 6.89. The first-order valence-electron chi connectivity index (χ1n) is 5.90. The Hall–Kier alpha value is -0.290. The molecule has 0 radical (unpaired) electrons. The van der Waals surface area contributed by atoms with Crippen LogP contribution in [-0.2, 0) is 4.74 Å². The molecule has 1 aromatic carbocycles. The Morgan fingerprint density at radius 2 is 2.28 bits per heavy atom. The highest BCUT2D eigenvalue weighted by Gasteiger charge is 2.38. The third kappa shape index (κ3) is 2.52. The molecule has 0 spiro atoms. The number of rotatable bonds is 3. The van der Waals surface area contributed by atoms with E-state index in [1.165, 1.54) is 0 Å². The van der Waals surface area contributed by atoms with Gasteiger partial charge in [0.15, 0.2) is 0 Å². The van der Waals surface area contributed by atoms with Gasteiger partial charge in [-0.3, -0.25) is 0 Å². The number of hydrogen-bond acceptors (Lipinski definition) is 3. The number of benzene rings is 1. The molecular formula is C13H17BrClNO2. The number of nitrogens with two attached hydrogens (primary N) is 1.